The lowest BCUT2D eigenvalue weighted by Gasteiger charge is -2.06. The highest BCUT2D eigenvalue weighted by atomic mass is 32.1. The second-order valence-electron chi connectivity index (χ2n) is 6.00. The molecule has 1 N–H and O–H groups in total. The predicted molar refractivity (Wildman–Crippen MR) is 105 cm³/mol. The Hall–Kier alpha value is -3.52. The maximum Gasteiger partial charge on any atom is 0.293 e. The van der Waals surface area contributed by atoms with Gasteiger partial charge in [0.15, 0.2) is 22.5 Å². The summed E-state index contributed by atoms with van der Waals surface area (Å²) in [7, 11) is 0. The number of aromatic nitrogens is 1. The molecular weight excluding hydrogens is 398 g/mol. The molecule has 4 aromatic rings. The number of thiazole rings is 1. The zero-order valence-electron chi connectivity index (χ0n) is 14.9. The predicted octanol–water partition coefficient (Wildman–Crippen LogP) is 5.51. The molecule has 0 unspecified atom stereocenters. The molecular formula is C21H14F2N2O3S. The van der Waals surface area contributed by atoms with Crippen LogP contribution in [0.5, 0.6) is 5.75 Å². The summed E-state index contributed by atoms with van der Waals surface area (Å²) in [6.07, 6.45) is 1.41. The summed E-state index contributed by atoms with van der Waals surface area (Å²) < 4.78 is 37.5. The van der Waals surface area contributed by atoms with E-state index in [2.05, 4.69) is 10.3 Å². The highest BCUT2D eigenvalue weighted by Crippen LogP contribution is 2.27. The maximum absolute atomic E-state index is 13.4. The van der Waals surface area contributed by atoms with Crippen LogP contribution in [0.3, 0.4) is 0 Å². The minimum absolute atomic E-state index is 0.116. The molecule has 0 fully saturated rings. The molecule has 0 saturated heterocycles. The molecule has 5 nitrogen and oxygen atoms in total. The maximum atomic E-state index is 13.4. The number of nitrogens with zero attached hydrogens (tertiary/aromatic N) is 1. The van der Waals surface area contributed by atoms with E-state index in [1.165, 1.54) is 12.3 Å². The molecule has 0 aliphatic heterocycles. The third-order valence-corrected chi connectivity index (χ3v) is 4.79. The number of benzene rings is 2. The Balaban J connectivity index is 1.44. The standard InChI is InChI=1S/C21H14F2N2O3S/c22-16-7-6-13(10-17(16)23)18-12-29-21(24-18)25-20(26)19-14(8-9-27-19)11-28-15-4-2-1-3-5-15/h1-10,12H,11H2,(H,24,25,26). The molecule has 0 saturated carbocycles. The molecule has 0 bridgehead atoms. The van der Waals surface area contributed by atoms with Gasteiger partial charge in [0.05, 0.1) is 12.0 Å². The summed E-state index contributed by atoms with van der Waals surface area (Å²) in [6.45, 7) is 0.168. The van der Waals surface area contributed by atoms with E-state index in [0.29, 0.717) is 27.7 Å². The van der Waals surface area contributed by atoms with Crippen molar-refractivity contribution < 1.29 is 22.7 Å². The first kappa shape index (κ1) is 18.8. The zero-order valence-corrected chi connectivity index (χ0v) is 15.7. The van der Waals surface area contributed by atoms with E-state index in [-0.39, 0.29) is 12.4 Å². The van der Waals surface area contributed by atoms with Gasteiger partial charge in [-0.15, -0.1) is 11.3 Å². The van der Waals surface area contributed by atoms with Crippen LogP contribution in [0.1, 0.15) is 16.1 Å². The van der Waals surface area contributed by atoms with Crippen LogP contribution in [-0.2, 0) is 6.61 Å². The number of anilines is 1. The number of nitrogens with one attached hydrogen (secondary N) is 1. The minimum Gasteiger partial charge on any atom is -0.489 e. The van der Waals surface area contributed by atoms with Crippen molar-refractivity contribution in [3.63, 3.8) is 0 Å². The number of hydrogen-bond donors (Lipinski definition) is 1. The van der Waals surface area contributed by atoms with Crippen molar-refractivity contribution in [2.75, 3.05) is 5.32 Å². The lowest BCUT2D eigenvalue weighted by atomic mass is 10.2. The van der Waals surface area contributed by atoms with Crippen LogP contribution in [0.4, 0.5) is 13.9 Å². The SMILES string of the molecule is O=C(Nc1nc(-c2ccc(F)c(F)c2)cs1)c1occc1COc1ccccc1. The van der Waals surface area contributed by atoms with Gasteiger partial charge in [-0.25, -0.2) is 13.8 Å². The van der Waals surface area contributed by atoms with E-state index in [4.69, 9.17) is 9.15 Å². The molecule has 2 heterocycles. The smallest absolute Gasteiger partial charge is 0.293 e. The Kier molecular flexibility index (Phi) is 5.35. The molecule has 0 spiro atoms. The average molecular weight is 412 g/mol. The monoisotopic (exact) mass is 412 g/mol. The fraction of sp³-hybridized carbons (Fsp3) is 0.0476. The van der Waals surface area contributed by atoms with Crippen LogP contribution in [-0.4, -0.2) is 10.9 Å². The van der Waals surface area contributed by atoms with Gasteiger partial charge in [0.2, 0.25) is 0 Å². The number of rotatable bonds is 6. The number of carbonyl (C=O) groups is 1. The molecule has 146 valence electrons. The van der Waals surface area contributed by atoms with Crippen LogP contribution < -0.4 is 10.1 Å². The molecule has 4 rings (SSSR count). The first-order valence-electron chi connectivity index (χ1n) is 8.56. The molecule has 0 radical (unpaired) electrons. The first-order valence-corrected chi connectivity index (χ1v) is 9.44. The van der Waals surface area contributed by atoms with Gasteiger partial charge < -0.3 is 9.15 Å². The number of carbonyl (C=O) groups excluding carboxylic acids is 1. The third-order valence-electron chi connectivity index (χ3n) is 4.03. The normalized spacial score (nSPS) is 10.7. The summed E-state index contributed by atoms with van der Waals surface area (Å²) >= 11 is 1.16. The molecule has 0 aliphatic carbocycles. The fourth-order valence-corrected chi connectivity index (χ4v) is 3.31. The van der Waals surface area contributed by atoms with E-state index in [0.717, 1.165) is 23.5 Å². The number of halogens is 2. The number of hydrogen-bond acceptors (Lipinski definition) is 5. The van der Waals surface area contributed by atoms with E-state index >= 15 is 0 Å². The average Bonchev–Trinajstić information content (AvgIpc) is 3.39. The highest BCUT2D eigenvalue weighted by Gasteiger charge is 2.18. The van der Waals surface area contributed by atoms with Crippen LogP contribution >= 0.6 is 11.3 Å². The Morgan fingerprint density at radius 3 is 2.72 bits per heavy atom. The molecule has 0 aliphatic rings. The topological polar surface area (TPSA) is 64.4 Å². The van der Waals surface area contributed by atoms with Gasteiger partial charge in [0.25, 0.3) is 5.91 Å². The molecule has 8 heteroatoms. The number of furan rings is 1. The van der Waals surface area contributed by atoms with Gasteiger partial charge in [-0.05, 0) is 36.4 Å². The number of para-hydroxylation sites is 1. The second-order valence-corrected chi connectivity index (χ2v) is 6.86. The van der Waals surface area contributed by atoms with Crippen molar-refractivity contribution >= 4 is 22.4 Å². The summed E-state index contributed by atoms with van der Waals surface area (Å²) in [5.74, 6) is -1.57. The summed E-state index contributed by atoms with van der Waals surface area (Å²) in [6, 6.07) is 14.4. The van der Waals surface area contributed by atoms with Gasteiger partial charge >= 0.3 is 0 Å². The number of ether oxygens (including phenoxy) is 1. The zero-order chi connectivity index (χ0) is 20.2. The highest BCUT2D eigenvalue weighted by molar-refractivity contribution is 7.14. The van der Waals surface area contributed by atoms with E-state index in [1.54, 1.807) is 11.4 Å². The summed E-state index contributed by atoms with van der Waals surface area (Å²) in [5.41, 5.74) is 1.43. The summed E-state index contributed by atoms with van der Waals surface area (Å²) in [5, 5.41) is 4.60. The van der Waals surface area contributed by atoms with Gasteiger partial charge in [-0.1, -0.05) is 18.2 Å². The van der Waals surface area contributed by atoms with Gasteiger partial charge in [-0.2, -0.15) is 0 Å². The molecule has 0 atom stereocenters. The van der Waals surface area contributed by atoms with Crippen LogP contribution in [0.15, 0.2) is 70.7 Å². The molecule has 2 aromatic carbocycles. The van der Waals surface area contributed by atoms with Gasteiger partial charge in [0, 0.05) is 16.5 Å². The Bertz CT molecular complexity index is 1140. The fourth-order valence-electron chi connectivity index (χ4n) is 2.60. The quantitative estimate of drug-likeness (QED) is 0.453. The van der Waals surface area contributed by atoms with Gasteiger partial charge in [-0.3, -0.25) is 10.1 Å². The van der Waals surface area contributed by atoms with Crippen LogP contribution in [0.2, 0.25) is 0 Å². The largest absolute Gasteiger partial charge is 0.489 e. The molecule has 1 amide bonds. The minimum atomic E-state index is -0.959. The second kappa shape index (κ2) is 8.24. The van der Waals surface area contributed by atoms with Crippen molar-refractivity contribution in [3.05, 3.63) is 89.2 Å². The van der Waals surface area contributed by atoms with Crippen LogP contribution in [0.25, 0.3) is 11.3 Å². The van der Waals surface area contributed by atoms with Crippen molar-refractivity contribution in [3.8, 4) is 17.0 Å². The van der Waals surface area contributed by atoms with Crippen LogP contribution in [0, 0.1) is 11.6 Å². The lowest BCUT2D eigenvalue weighted by molar-refractivity contribution is 0.0993. The Labute approximate surface area is 168 Å². The summed E-state index contributed by atoms with van der Waals surface area (Å²) in [4.78, 5) is 16.8. The van der Waals surface area contributed by atoms with Crippen molar-refractivity contribution in [1.29, 1.82) is 0 Å². The first-order chi connectivity index (χ1) is 14.1. The van der Waals surface area contributed by atoms with Crippen molar-refractivity contribution in [2.24, 2.45) is 0 Å². The third kappa shape index (κ3) is 4.33. The molecule has 29 heavy (non-hydrogen) atoms. The number of amides is 1. The van der Waals surface area contributed by atoms with Crippen molar-refractivity contribution in [2.45, 2.75) is 6.61 Å². The molecule has 2 aromatic heterocycles. The Morgan fingerprint density at radius 1 is 1.10 bits per heavy atom. The lowest BCUT2D eigenvalue weighted by Crippen LogP contribution is -2.13. The van der Waals surface area contributed by atoms with Gasteiger partial charge in [0.1, 0.15) is 12.4 Å². The van der Waals surface area contributed by atoms with E-state index < -0.39 is 17.5 Å². The van der Waals surface area contributed by atoms with E-state index in [1.807, 2.05) is 30.3 Å². The van der Waals surface area contributed by atoms with E-state index in [9.17, 15) is 13.6 Å². The van der Waals surface area contributed by atoms with Crippen molar-refractivity contribution in [1.82, 2.24) is 4.98 Å². The Morgan fingerprint density at radius 2 is 1.93 bits per heavy atom.